The number of methoxy groups -OCH3 is 1. The number of carbonyl (C=O) groups is 2. The lowest BCUT2D eigenvalue weighted by atomic mass is 10.1. The average Bonchev–Trinajstić information content (AvgIpc) is 3.10. The molecule has 0 bridgehead atoms. The molecule has 1 atom stereocenters. The van der Waals surface area contributed by atoms with E-state index in [9.17, 15) is 9.59 Å². The van der Waals surface area contributed by atoms with E-state index in [1.54, 1.807) is 49.2 Å². The predicted molar refractivity (Wildman–Crippen MR) is 96.1 cm³/mol. The van der Waals surface area contributed by atoms with Gasteiger partial charge in [0.1, 0.15) is 6.04 Å². The fourth-order valence-electron chi connectivity index (χ4n) is 2.98. The first-order valence-electron chi connectivity index (χ1n) is 8.82. The molecule has 0 spiro atoms. The normalized spacial score (nSPS) is 16.6. The highest BCUT2D eigenvalue weighted by Gasteiger charge is 2.35. The standard InChI is InChI=1S/C19H28N2O4/c1-5-6-12-25-16-10-9-14(13-17(16)24-4)18(22)21-11-7-8-15(21)19(23)20(2)3/h9-10,13,15H,5-8,11-12H2,1-4H3. The molecule has 0 N–H and O–H groups in total. The van der Waals surface area contributed by atoms with Gasteiger partial charge in [0.2, 0.25) is 5.91 Å². The highest BCUT2D eigenvalue weighted by molar-refractivity contribution is 5.98. The lowest BCUT2D eigenvalue weighted by molar-refractivity contribution is -0.132. The van der Waals surface area contributed by atoms with E-state index < -0.39 is 0 Å². The van der Waals surface area contributed by atoms with Gasteiger partial charge in [0.05, 0.1) is 13.7 Å². The zero-order chi connectivity index (χ0) is 18.4. The zero-order valence-electron chi connectivity index (χ0n) is 15.6. The molecular formula is C19H28N2O4. The van der Waals surface area contributed by atoms with Gasteiger partial charge < -0.3 is 19.3 Å². The largest absolute Gasteiger partial charge is 0.493 e. The number of likely N-dealkylation sites (tertiary alicyclic amines) is 1. The molecule has 1 aromatic rings. The van der Waals surface area contributed by atoms with Crippen LogP contribution in [0.4, 0.5) is 0 Å². The summed E-state index contributed by atoms with van der Waals surface area (Å²) in [6.07, 6.45) is 3.56. The number of carbonyl (C=O) groups excluding carboxylic acids is 2. The smallest absolute Gasteiger partial charge is 0.254 e. The summed E-state index contributed by atoms with van der Waals surface area (Å²) in [6, 6.07) is 4.82. The molecule has 0 aliphatic carbocycles. The third kappa shape index (κ3) is 4.44. The first-order chi connectivity index (χ1) is 12.0. The molecular weight excluding hydrogens is 320 g/mol. The van der Waals surface area contributed by atoms with Gasteiger partial charge in [-0.05, 0) is 37.5 Å². The lowest BCUT2D eigenvalue weighted by Crippen LogP contribution is -2.45. The molecule has 1 heterocycles. The van der Waals surface area contributed by atoms with Crippen LogP contribution >= 0.6 is 0 Å². The summed E-state index contributed by atoms with van der Waals surface area (Å²) < 4.78 is 11.1. The van der Waals surface area contributed by atoms with Crippen LogP contribution in [0.25, 0.3) is 0 Å². The number of hydrogen-bond donors (Lipinski definition) is 0. The second-order valence-corrected chi connectivity index (χ2v) is 6.46. The fourth-order valence-corrected chi connectivity index (χ4v) is 2.98. The topological polar surface area (TPSA) is 59.1 Å². The quantitative estimate of drug-likeness (QED) is 0.711. The molecule has 0 aromatic heterocycles. The van der Waals surface area contributed by atoms with Crippen molar-refractivity contribution in [2.75, 3.05) is 34.4 Å². The van der Waals surface area contributed by atoms with Crippen LogP contribution in [-0.4, -0.2) is 62.0 Å². The Morgan fingerprint density at radius 3 is 2.68 bits per heavy atom. The zero-order valence-corrected chi connectivity index (χ0v) is 15.6. The fraction of sp³-hybridized carbons (Fsp3) is 0.579. The summed E-state index contributed by atoms with van der Waals surface area (Å²) in [7, 11) is 4.99. The number of likely N-dealkylation sites (N-methyl/N-ethyl adjacent to an activating group) is 1. The van der Waals surface area contributed by atoms with Crippen molar-refractivity contribution in [3.05, 3.63) is 23.8 Å². The molecule has 2 rings (SSSR count). The molecule has 1 aliphatic heterocycles. The molecule has 1 aromatic carbocycles. The second kappa shape index (κ2) is 8.74. The molecule has 6 heteroatoms. The molecule has 1 saturated heterocycles. The Balaban J connectivity index is 2.17. The van der Waals surface area contributed by atoms with E-state index >= 15 is 0 Å². The summed E-state index contributed by atoms with van der Waals surface area (Å²) in [5.41, 5.74) is 0.512. The van der Waals surface area contributed by atoms with Gasteiger partial charge in [0, 0.05) is 26.2 Å². The van der Waals surface area contributed by atoms with Crippen molar-refractivity contribution >= 4 is 11.8 Å². The van der Waals surface area contributed by atoms with Gasteiger partial charge in [0.15, 0.2) is 11.5 Å². The second-order valence-electron chi connectivity index (χ2n) is 6.46. The van der Waals surface area contributed by atoms with Gasteiger partial charge in [-0.2, -0.15) is 0 Å². The van der Waals surface area contributed by atoms with Crippen LogP contribution in [0.15, 0.2) is 18.2 Å². The Morgan fingerprint density at radius 1 is 1.28 bits per heavy atom. The molecule has 1 aliphatic rings. The summed E-state index contributed by atoms with van der Waals surface area (Å²) in [5.74, 6) is 1.000. The first kappa shape index (κ1) is 19.1. The monoisotopic (exact) mass is 348 g/mol. The molecule has 0 saturated carbocycles. The molecule has 0 radical (unpaired) electrons. The molecule has 1 unspecified atom stereocenters. The lowest BCUT2D eigenvalue weighted by Gasteiger charge is -2.26. The number of unbranched alkanes of at least 4 members (excludes halogenated alkanes) is 1. The van der Waals surface area contributed by atoms with E-state index in [-0.39, 0.29) is 17.9 Å². The molecule has 1 fully saturated rings. The van der Waals surface area contributed by atoms with Crippen molar-refractivity contribution in [1.29, 1.82) is 0 Å². The van der Waals surface area contributed by atoms with Crippen molar-refractivity contribution in [1.82, 2.24) is 9.80 Å². The van der Waals surface area contributed by atoms with Gasteiger partial charge in [-0.15, -0.1) is 0 Å². The SMILES string of the molecule is CCCCOc1ccc(C(=O)N2CCCC2C(=O)N(C)C)cc1OC. The van der Waals surface area contributed by atoms with Crippen LogP contribution in [0.2, 0.25) is 0 Å². The Bertz CT molecular complexity index is 615. The average molecular weight is 348 g/mol. The van der Waals surface area contributed by atoms with Gasteiger partial charge in [0.25, 0.3) is 5.91 Å². The van der Waals surface area contributed by atoms with E-state index in [2.05, 4.69) is 6.92 Å². The number of ether oxygens (including phenoxy) is 2. The minimum atomic E-state index is -0.381. The van der Waals surface area contributed by atoms with E-state index in [0.717, 1.165) is 19.3 Å². The minimum Gasteiger partial charge on any atom is -0.493 e. The maximum Gasteiger partial charge on any atom is 0.254 e. The van der Waals surface area contributed by atoms with Crippen LogP contribution in [0, 0.1) is 0 Å². The predicted octanol–water partition coefficient (Wildman–Crippen LogP) is 2.57. The number of hydrogen-bond acceptors (Lipinski definition) is 4. The van der Waals surface area contributed by atoms with E-state index in [4.69, 9.17) is 9.47 Å². The third-order valence-electron chi connectivity index (χ3n) is 4.41. The molecule has 25 heavy (non-hydrogen) atoms. The minimum absolute atomic E-state index is 0.0302. The van der Waals surface area contributed by atoms with Gasteiger partial charge in [-0.25, -0.2) is 0 Å². The van der Waals surface area contributed by atoms with Crippen molar-refractivity contribution < 1.29 is 19.1 Å². The van der Waals surface area contributed by atoms with Gasteiger partial charge in [-0.3, -0.25) is 9.59 Å². The van der Waals surface area contributed by atoms with Crippen LogP contribution in [0.5, 0.6) is 11.5 Å². The van der Waals surface area contributed by atoms with Crippen molar-refractivity contribution in [2.24, 2.45) is 0 Å². The van der Waals surface area contributed by atoms with Crippen molar-refractivity contribution in [2.45, 2.75) is 38.6 Å². The summed E-state index contributed by atoms with van der Waals surface area (Å²) in [5, 5.41) is 0. The van der Waals surface area contributed by atoms with Crippen molar-refractivity contribution in [3.8, 4) is 11.5 Å². The first-order valence-corrected chi connectivity index (χ1v) is 8.82. The maximum atomic E-state index is 12.9. The molecule has 138 valence electrons. The summed E-state index contributed by atoms with van der Waals surface area (Å²) >= 11 is 0. The van der Waals surface area contributed by atoms with Gasteiger partial charge >= 0.3 is 0 Å². The van der Waals surface area contributed by atoms with Crippen molar-refractivity contribution in [3.63, 3.8) is 0 Å². The number of rotatable bonds is 7. The number of nitrogens with zero attached hydrogens (tertiary/aromatic N) is 2. The van der Waals surface area contributed by atoms with E-state index in [0.29, 0.717) is 36.6 Å². The van der Waals surface area contributed by atoms with Crippen LogP contribution in [0.1, 0.15) is 43.0 Å². The summed E-state index contributed by atoms with van der Waals surface area (Å²) in [4.78, 5) is 28.4. The Hall–Kier alpha value is -2.24. The van der Waals surface area contributed by atoms with E-state index in [1.165, 1.54) is 0 Å². The Morgan fingerprint density at radius 2 is 2.04 bits per heavy atom. The Labute approximate surface area is 149 Å². The van der Waals surface area contributed by atoms with Crippen LogP contribution < -0.4 is 9.47 Å². The molecule has 6 nitrogen and oxygen atoms in total. The summed E-state index contributed by atoms with van der Waals surface area (Å²) in [6.45, 7) is 3.32. The van der Waals surface area contributed by atoms with Crippen LogP contribution in [-0.2, 0) is 4.79 Å². The highest BCUT2D eigenvalue weighted by Crippen LogP contribution is 2.30. The Kier molecular flexibility index (Phi) is 6.67. The van der Waals surface area contributed by atoms with Gasteiger partial charge in [-0.1, -0.05) is 13.3 Å². The third-order valence-corrected chi connectivity index (χ3v) is 4.41. The number of benzene rings is 1. The highest BCUT2D eigenvalue weighted by atomic mass is 16.5. The number of amides is 2. The maximum absolute atomic E-state index is 12.9. The van der Waals surface area contributed by atoms with E-state index in [1.807, 2.05) is 0 Å². The molecule has 2 amide bonds. The van der Waals surface area contributed by atoms with Crippen LogP contribution in [0.3, 0.4) is 0 Å².